The van der Waals surface area contributed by atoms with Gasteiger partial charge in [0.1, 0.15) is 11.6 Å². The minimum Gasteiger partial charge on any atom is -0.449 e. The average Bonchev–Trinajstić information content (AvgIpc) is 2.94. The zero-order valence-electron chi connectivity index (χ0n) is 11.7. The monoisotopic (exact) mass is 458 g/mol. The molecule has 118 valence electrons. The smallest absolute Gasteiger partial charge is 0.266 e. The maximum Gasteiger partial charge on any atom is 0.266 e. The van der Waals surface area contributed by atoms with Gasteiger partial charge in [-0.2, -0.15) is 0 Å². The van der Waals surface area contributed by atoms with Gasteiger partial charge in [0, 0.05) is 13.1 Å². The lowest BCUT2D eigenvalue weighted by atomic mass is 10.3. The number of thioether (sulfide) groups is 1. The van der Waals surface area contributed by atoms with Crippen molar-refractivity contribution in [2.75, 3.05) is 7.05 Å². The number of likely N-dealkylation sites (N-methyl/N-ethyl adjacent to an activating group) is 1. The van der Waals surface area contributed by atoms with E-state index in [0.717, 1.165) is 4.47 Å². The summed E-state index contributed by atoms with van der Waals surface area (Å²) < 4.78 is 20.0. The fourth-order valence-corrected chi connectivity index (χ4v) is 3.45. The molecule has 2 aromatic rings. The fraction of sp³-hybridized carbons (Fsp3) is 0.0667. The molecule has 4 nitrogen and oxygen atoms in total. The van der Waals surface area contributed by atoms with Crippen molar-refractivity contribution in [1.82, 2.24) is 4.90 Å². The van der Waals surface area contributed by atoms with Crippen molar-refractivity contribution in [2.24, 2.45) is 4.99 Å². The van der Waals surface area contributed by atoms with Crippen LogP contribution in [0.25, 0.3) is 6.08 Å². The van der Waals surface area contributed by atoms with E-state index in [4.69, 9.17) is 4.42 Å². The van der Waals surface area contributed by atoms with Gasteiger partial charge in [0.25, 0.3) is 5.91 Å². The van der Waals surface area contributed by atoms with Crippen LogP contribution < -0.4 is 0 Å². The van der Waals surface area contributed by atoms with Gasteiger partial charge in [0.15, 0.2) is 9.84 Å². The number of hydrogen-bond donors (Lipinski definition) is 0. The number of rotatable bonds is 2. The molecule has 1 saturated heterocycles. The highest BCUT2D eigenvalue weighted by atomic mass is 79.9. The lowest BCUT2D eigenvalue weighted by Gasteiger charge is -2.06. The van der Waals surface area contributed by atoms with Crippen molar-refractivity contribution in [3.63, 3.8) is 0 Å². The van der Waals surface area contributed by atoms with Crippen molar-refractivity contribution >= 4 is 66.5 Å². The van der Waals surface area contributed by atoms with Crippen LogP contribution in [-0.2, 0) is 4.79 Å². The molecule has 1 amide bonds. The molecule has 0 unspecified atom stereocenters. The SMILES string of the molecule is CN1C(=O)/C(=C/c2cc(Br)c(Br)o2)SC1=Nc1cccc(F)c1. The maximum absolute atomic E-state index is 13.2. The van der Waals surface area contributed by atoms with E-state index in [1.165, 1.54) is 28.8 Å². The number of benzene rings is 1. The molecule has 2 heterocycles. The number of carbonyl (C=O) groups is 1. The van der Waals surface area contributed by atoms with Crippen LogP contribution in [0.3, 0.4) is 0 Å². The first-order valence-corrected chi connectivity index (χ1v) is 8.81. The van der Waals surface area contributed by atoms with Gasteiger partial charge in [-0.05, 0) is 67.9 Å². The van der Waals surface area contributed by atoms with Gasteiger partial charge >= 0.3 is 0 Å². The molecule has 1 aliphatic rings. The molecule has 8 heteroatoms. The Morgan fingerprint density at radius 2 is 2.13 bits per heavy atom. The molecule has 0 N–H and O–H groups in total. The van der Waals surface area contributed by atoms with E-state index in [1.807, 2.05) is 0 Å². The number of carbonyl (C=O) groups excluding carboxylic acids is 1. The quantitative estimate of drug-likeness (QED) is 0.581. The highest BCUT2D eigenvalue weighted by molar-refractivity contribution is 9.13. The fourth-order valence-electron chi connectivity index (χ4n) is 1.87. The predicted octanol–water partition coefficient (Wildman–Crippen LogP) is 5.18. The summed E-state index contributed by atoms with van der Waals surface area (Å²) in [6, 6.07) is 7.67. The van der Waals surface area contributed by atoms with E-state index >= 15 is 0 Å². The Labute approximate surface area is 152 Å². The van der Waals surface area contributed by atoms with Gasteiger partial charge in [-0.25, -0.2) is 9.38 Å². The molecular formula is C15H9Br2FN2O2S. The van der Waals surface area contributed by atoms with Crippen molar-refractivity contribution in [3.8, 4) is 0 Å². The number of furan rings is 1. The summed E-state index contributed by atoms with van der Waals surface area (Å²) in [5.41, 5.74) is 0.455. The lowest BCUT2D eigenvalue weighted by molar-refractivity contribution is -0.121. The number of aliphatic imine (C=N–C) groups is 1. The number of nitrogens with zero attached hydrogens (tertiary/aromatic N) is 2. The highest BCUT2D eigenvalue weighted by Crippen LogP contribution is 2.35. The largest absolute Gasteiger partial charge is 0.449 e. The molecule has 1 aromatic carbocycles. The van der Waals surface area contributed by atoms with Crippen LogP contribution >= 0.6 is 43.6 Å². The molecule has 1 fully saturated rings. The van der Waals surface area contributed by atoms with Crippen LogP contribution in [0.2, 0.25) is 0 Å². The number of halogens is 3. The van der Waals surface area contributed by atoms with E-state index in [2.05, 4.69) is 36.9 Å². The Morgan fingerprint density at radius 3 is 2.78 bits per heavy atom. The van der Waals surface area contributed by atoms with E-state index in [0.29, 0.717) is 26.2 Å². The van der Waals surface area contributed by atoms with Crippen LogP contribution in [0, 0.1) is 5.82 Å². The van der Waals surface area contributed by atoms with Crippen LogP contribution in [0.1, 0.15) is 5.76 Å². The van der Waals surface area contributed by atoms with Crippen LogP contribution in [0.15, 0.2) is 53.8 Å². The second-order valence-electron chi connectivity index (χ2n) is 4.62. The first kappa shape index (κ1) is 16.5. The minimum atomic E-state index is -0.370. The highest BCUT2D eigenvalue weighted by Gasteiger charge is 2.30. The minimum absolute atomic E-state index is 0.186. The standard InChI is InChI=1S/C15H9Br2FN2O2S/c1-20-14(21)12(7-10-6-11(16)13(17)22-10)23-15(20)19-9-4-2-3-8(18)5-9/h2-7H,1H3/b12-7-,19-15?. The van der Waals surface area contributed by atoms with Gasteiger partial charge in [0.05, 0.1) is 15.1 Å². The van der Waals surface area contributed by atoms with Crippen molar-refractivity contribution < 1.29 is 13.6 Å². The van der Waals surface area contributed by atoms with E-state index in [1.54, 1.807) is 31.3 Å². The average molecular weight is 460 g/mol. The molecule has 0 spiro atoms. The Kier molecular flexibility index (Phi) is 4.74. The molecule has 23 heavy (non-hydrogen) atoms. The van der Waals surface area contributed by atoms with Crippen LogP contribution in [0.5, 0.6) is 0 Å². The predicted molar refractivity (Wildman–Crippen MR) is 95.9 cm³/mol. The van der Waals surface area contributed by atoms with Gasteiger partial charge in [-0.1, -0.05) is 6.07 Å². The lowest BCUT2D eigenvalue weighted by Crippen LogP contribution is -2.23. The molecular weight excluding hydrogens is 451 g/mol. The number of amides is 1. The van der Waals surface area contributed by atoms with Crippen LogP contribution in [0.4, 0.5) is 10.1 Å². The summed E-state index contributed by atoms with van der Waals surface area (Å²) in [5, 5.41) is 0.483. The zero-order chi connectivity index (χ0) is 16.6. The molecule has 0 aliphatic carbocycles. The van der Waals surface area contributed by atoms with Crippen molar-refractivity contribution in [2.45, 2.75) is 0 Å². The van der Waals surface area contributed by atoms with Crippen molar-refractivity contribution in [3.05, 3.63) is 56.0 Å². The summed E-state index contributed by atoms with van der Waals surface area (Å²) in [7, 11) is 1.63. The molecule has 3 rings (SSSR count). The van der Waals surface area contributed by atoms with Gasteiger partial charge < -0.3 is 4.42 Å². The Balaban J connectivity index is 1.90. The van der Waals surface area contributed by atoms with Gasteiger partial charge in [-0.15, -0.1) is 0 Å². The third-order valence-corrected chi connectivity index (χ3v) is 5.74. The first-order chi connectivity index (χ1) is 10.9. The van der Waals surface area contributed by atoms with Crippen LogP contribution in [-0.4, -0.2) is 23.0 Å². The molecule has 0 saturated carbocycles. The summed E-state index contributed by atoms with van der Waals surface area (Å²) >= 11 is 7.79. The Bertz CT molecular complexity index is 828. The second-order valence-corrected chi connectivity index (χ2v) is 7.20. The van der Waals surface area contributed by atoms with E-state index in [9.17, 15) is 9.18 Å². The summed E-state index contributed by atoms with van der Waals surface area (Å²) in [6.45, 7) is 0. The van der Waals surface area contributed by atoms with E-state index < -0.39 is 0 Å². The van der Waals surface area contributed by atoms with Gasteiger partial charge in [-0.3, -0.25) is 9.69 Å². The molecule has 1 aromatic heterocycles. The number of amidine groups is 1. The third-order valence-electron chi connectivity index (χ3n) is 2.97. The summed E-state index contributed by atoms with van der Waals surface area (Å²) in [5.74, 6) is -0.0151. The number of hydrogen-bond acceptors (Lipinski definition) is 4. The van der Waals surface area contributed by atoms with Crippen molar-refractivity contribution in [1.29, 1.82) is 0 Å². The maximum atomic E-state index is 13.2. The molecule has 1 aliphatic heterocycles. The molecule has 0 atom stereocenters. The summed E-state index contributed by atoms with van der Waals surface area (Å²) in [4.78, 5) is 18.5. The third kappa shape index (κ3) is 3.59. The Hall–Kier alpha value is -1.38. The zero-order valence-corrected chi connectivity index (χ0v) is 15.7. The first-order valence-electron chi connectivity index (χ1n) is 6.41. The normalized spacial score (nSPS) is 18.4. The Morgan fingerprint density at radius 1 is 1.35 bits per heavy atom. The van der Waals surface area contributed by atoms with Gasteiger partial charge in [0.2, 0.25) is 0 Å². The second kappa shape index (κ2) is 6.62. The molecule has 0 bridgehead atoms. The topological polar surface area (TPSA) is 45.8 Å². The van der Waals surface area contributed by atoms with E-state index in [-0.39, 0.29) is 11.7 Å². The summed E-state index contributed by atoms with van der Waals surface area (Å²) in [6.07, 6.45) is 1.65. The molecule has 0 radical (unpaired) electrons.